The average molecular weight is 175 g/mol. The second-order valence-electron chi connectivity index (χ2n) is 2.58. The van der Waals surface area contributed by atoms with Gasteiger partial charge in [0.05, 0.1) is 10.6 Å². The second kappa shape index (κ2) is 3.04. The van der Waals surface area contributed by atoms with Crippen LogP contribution < -0.4 is 10.6 Å². The van der Waals surface area contributed by atoms with Crippen LogP contribution in [0.15, 0.2) is 48.5 Å². The first-order valence-corrected chi connectivity index (χ1v) is 5.04. The van der Waals surface area contributed by atoms with Crippen LogP contribution in [-0.4, -0.2) is 0 Å². The topological polar surface area (TPSA) is 17.1 Å². The molecule has 2 heteroatoms. The van der Waals surface area contributed by atoms with Crippen molar-refractivity contribution >= 4 is 18.4 Å². The largest absolute Gasteiger partial charge is 0.299 e. The molecule has 0 bridgehead atoms. The van der Waals surface area contributed by atoms with Crippen LogP contribution in [0.2, 0.25) is 0 Å². The fourth-order valence-electron chi connectivity index (χ4n) is 1.15. The van der Waals surface area contributed by atoms with Crippen LogP contribution in [0.4, 0.5) is 0 Å². The molecule has 0 spiro atoms. The zero-order chi connectivity index (χ0) is 8.39. The monoisotopic (exact) mass is 175 g/mol. The van der Waals surface area contributed by atoms with Crippen LogP contribution in [-0.2, 0) is 4.57 Å². The van der Waals surface area contributed by atoms with Gasteiger partial charge >= 0.3 is 0 Å². The predicted octanol–water partition coefficient (Wildman–Crippen LogP) is 1.90. The van der Waals surface area contributed by atoms with Gasteiger partial charge in [-0.1, -0.05) is 4.57 Å². The van der Waals surface area contributed by atoms with Crippen molar-refractivity contribution in [3.8, 4) is 0 Å². The van der Waals surface area contributed by atoms with Gasteiger partial charge in [0.2, 0.25) is 0 Å². The molecule has 0 radical (unpaired) electrons. The molecular weight excluding hydrogens is 167 g/mol. The molecule has 0 atom stereocenters. The summed E-state index contributed by atoms with van der Waals surface area (Å²) in [5.74, 6) is 0. The third kappa shape index (κ3) is 1.24. The minimum atomic E-state index is -1.35. The first kappa shape index (κ1) is 7.45. The molecule has 0 amide bonds. The van der Waals surface area contributed by atoms with Gasteiger partial charge in [-0.25, -0.2) is 24.3 Å². The molecule has 0 aliphatic carbocycles. The molecule has 2 aromatic carbocycles. The Labute approximate surface area is 72.2 Å². The van der Waals surface area contributed by atoms with Crippen LogP contribution in [0.1, 0.15) is 0 Å². The highest BCUT2D eigenvalue weighted by Crippen LogP contribution is 2.19. The van der Waals surface area contributed by atoms with Gasteiger partial charge in [0, 0.05) is 0 Å². The fourth-order valence-corrected chi connectivity index (χ4v) is 2.33. The van der Waals surface area contributed by atoms with E-state index in [1.807, 2.05) is 48.5 Å². The van der Waals surface area contributed by atoms with Gasteiger partial charge in [0.1, 0.15) is 0 Å². The van der Waals surface area contributed by atoms with Crippen LogP contribution in [0.3, 0.4) is 0 Å². The zero-order valence-electron chi connectivity index (χ0n) is 6.47. The Morgan fingerprint density at radius 3 is 1.42 bits per heavy atom. The summed E-state index contributed by atoms with van der Waals surface area (Å²) in [6, 6.07) is 15.2. The molecule has 0 aliphatic rings. The van der Waals surface area contributed by atoms with E-state index in [4.69, 9.17) is 0 Å². The molecule has 0 N–H and O–H groups in total. The van der Waals surface area contributed by atoms with E-state index in [1.54, 1.807) is 0 Å². The van der Waals surface area contributed by atoms with E-state index < -0.39 is 7.80 Å². The quantitative estimate of drug-likeness (QED) is 0.503. The highest BCUT2D eigenvalue weighted by atomic mass is 31.1. The maximum absolute atomic E-state index is 11.7. The third-order valence-electron chi connectivity index (χ3n) is 1.76. The summed E-state index contributed by atoms with van der Waals surface area (Å²) in [7, 11) is -1.35. The molecule has 0 fully saturated rings. The van der Waals surface area contributed by atoms with E-state index in [2.05, 4.69) is 0 Å². The van der Waals surface area contributed by atoms with Crippen molar-refractivity contribution in [2.45, 2.75) is 0 Å². The fraction of sp³-hybridized carbons (Fsp3) is 0. The Morgan fingerprint density at radius 1 is 0.750 bits per heavy atom. The normalized spacial score (nSPS) is 10.0. The molecule has 0 saturated carbocycles. The predicted molar refractivity (Wildman–Crippen MR) is 50.9 cm³/mol. The van der Waals surface area contributed by atoms with Crippen LogP contribution in [0.25, 0.3) is 0 Å². The van der Waals surface area contributed by atoms with E-state index in [0.29, 0.717) is 0 Å². The Balaban J connectivity index is 2.34. The summed E-state index contributed by atoms with van der Waals surface area (Å²) in [6.07, 6.45) is 0. The van der Waals surface area contributed by atoms with Crippen molar-refractivity contribution in [1.29, 1.82) is 0 Å². The van der Waals surface area contributed by atoms with Crippen molar-refractivity contribution in [2.24, 2.45) is 0 Å². The van der Waals surface area contributed by atoms with Crippen molar-refractivity contribution in [3.63, 3.8) is 0 Å². The van der Waals surface area contributed by atoms with Crippen molar-refractivity contribution in [2.75, 3.05) is 0 Å². The molecule has 12 heavy (non-hydrogen) atoms. The average Bonchev–Trinajstić information content (AvgIpc) is 2.77. The lowest BCUT2D eigenvalue weighted by atomic mass is 10.6. The standard InChI is InChI=1S/C10H8OP/c11-12(9-5-1-2-6-9)10-7-3-4-8-10/h1-8H/q-1. The van der Waals surface area contributed by atoms with E-state index in [1.165, 1.54) is 0 Å². The summed E-state index contributed by atoms with van der Waals surface area (Å²) in [5, 5.41) is 1.83. The maximum Gasteiger partial charge on any atom is 0.299 e. The zero-order valence-corrected chi connectivity index (χ0v) is 7.37. The smallest absolute Gasteiger partial charge is 0.209 e. The first-order chi connectivity index (χ1) is 5.88. The maximum atomic E-state index is 11.7. The lowest BCUT2D eigenvalue weighted by Crippen LogP contribution is -2.00. The van der Waals surface area contributed by atoms with Crippen molar-refractivity contribution in [1.82, 2.24) is 0 Å². The van der Waals surface area contributed by atoms with Gasteiger partial charge in [-0.2, -0.15) is 0 Å². The van der Waals surface area contributed by atoms with E-state index in [-0.39, 0.29) is 0 Å². The van der Waals surface area contributed by atoms with Crippen LogP contribution in [0.5, 0.6) is 0 Å². The van der Waals surface area contributed by atoms with Gasteiger partial charge in [0.25, 0.3) is 7.80 Å². The molecule has 0 saturated heterocycles. The molecule has 0 unspecified atom stereocenters. The second-order valence-corrected chi connectivity index (χ2v) is 4.20. The number of hydrogen-bond donors (Lipinski definition) is 0. The van der Waals surface area contributed by atoms with Gasteiger partial charge in [0.15, 0.2) is 0 Å². The Kier molecular flexibility index (Phi) is 1.89. The Hall–Kier alpha value is -1.20. The minimum Gasteiger partial charge on any atom is -0.209 e. The molecule has 2 aromatic rings. The van der Waals surface area contributed by atoms with Gasteiger partial charge in [-0.15, -0.1) is 24.3 Å². The first-order valence-electron chi connectivity index (χ1n) is 3.78. The highest BCUT2D eigenvalue weighted by molar-refractivity contribution is 7.61. The van der Waals surface area contributed by atoms with Gasteiger partial charge in [-0.05, 0) is 0 Å². The number of rotatable bonds is 2. The van der Waals surface area contributed by atoms with Crippen molar-refractivity contribution < 1.29 is 4.57 Å². The van der Waals surface area contributed by atoms with Crippen molar-refractivity contribution in [3.05, 3.63) is 48.5 Å². The minimum absolute atomic E-state index is 0.913. The lowest BCUT2D eigenvalue weighted by molar-refractivity contribution is 0.598. The van der Waals surface area contributed by atoms with E-state index in [0.717, 1.165) is 10.6 Å². The summed E-state index contributed by atoms with van der Waals surface area (Å²) in [5.41, 5.74) is 0. The summed E-state index contributed by atoms with van der Waals surface area (Å²) in [4.78, 5) is 0. The SMILES string of the molecule is O=[P+]([c-]1cccc1)[c-]1cccc1. The van der Waals surface area contributed by atoms with Gasteiger partial charge in [-0.3, -0.25) is 0 Å². The van der Waals surface area contributed by atoms with Crippen LogP contribution in [0, 0.1) is 0 Å². The molecule has 60 valence electrons. The molecular formula is C10H8OP-. The van der Waals surface area contributed by atoms with E-state index in [9.17, 15) is 4.57 Å². The molecule has 0 aliphatic heterocycles. The molecule has 0 heterocycles. The van der Waals surface area contributed by atoms with E-state index >= 15 is 0 Å². The Bertz CT molecular complexity index is 320. The van der Waals surface area contributed by atoms with Gasteiger partial charge < -0.3 is 0 Å². The molecule has 0 aromatic heterocycles. The third-order valence-corrected chi connectivity index (χ3v) is 3.29. The molecule has 2 rings (SSSR count). The van der Waals surface area contributed by atoms with Crippen LogP contribution >= 0.6 is 7.80 Å². The number of hydrogen-bond acceptors (Lipinski definition) is 1. The summed E-state index contributed by atoms with van der Waals surface area (Å²) in [6.45, 7) is 0. The lowest BCUT2D eigenvalue weighted by Gasteiger charge is -1.88. The summed E-state index contributed by atoms with van der Waals surface area (Å²) < 4.78 is 11.7. The summed E-state index contributed by atoms with van der Waals surface area (Å²) >= 11 is 0. The highest BCUT2D eigenvalue weighted by Gasteiger charge is 2.10. The Morgan fingerprint density at radius 2 is 1.08 bits per heavy atom. The molecule has 1 nitrogen and oxygen atoms in total.